The molecule has 0 saturated carbocycles. The number of amides is 2. The minimum atomic E-state index is -0.520. The van der Waals surface area contributed by atoms with Crippen molar-refractivity contribution in [1.29, 1.82) is 0 Å². The molecule has 3 heterocycles. The number of carbonyl (C=O) groups is 2. The highest BCUT2D eigenvalue weighted by Crippen LogP contribution is 2.39. The van der Waals surface area contributed by atoms with Gasteiger partial charge in [-0.3, -0.25) is 14.6 Å². The van der Waals surface area contributed by atoms with Gasteiger partial charge in [0.25, 0.3) is 5.91 Å². The largest absolute Gasteiger partial charge is 0.359 e. The summed E-state index contributed by atoms with van der Waals surface area (Å²) in [6.07, 6.45) is 5.19. The van der Waals surface area contributed by atoms with E-state index < -0.39 is 5.41 Å². The highest BCUT2D eigenvalue weighted by Gasteiger charge is 2.42. The molecular weight excluding hydrogens is 394 g/mol. The van der Waals surface area contributed by atoms with Crippen LogP contribution in [0.3, 0.4) is 0 Å². The third-order valence-electron chi connectivity index (χ3n) is 5.96. The fourth-order valence-corrected chi connectivity index (χ4v) is 5.06. The molecule has 0 spiro atoms. The molecule has 1 saturated heterocycles. The van der Waals surface area contributed by atoms with Crippen molar-refractivity contribution in [3.05, 3.63) is 77.4 Å². The monoisotopic (exact) mass is 419 g/mol. The maximum absolute atomic E-state index is 13.0. The van der Waals surface area contributed by atoms with Crippen molar-refractivity contribution < 1.29 is 9.59 Å². The van der Waals surface area contributed by atoms with Crippen LogP contribution in [0.1, 0.15) is 28.8 Å². The van der Waals surface area contributed by atoms with E-state index >= 15 is 0 Å². The molecule has 2 amide bonds. The van der Waals surface area contributed by atoms with Gasteiger partial charge < -0.3 is 10.2 Å². The summed E-state index contributed by atoms with van der Waals surface area (Å²) in [6, 6.07) is 16.0. The molecule has 5 nitrogen and oxygen atoms in total. The number of aromatic nitrogens is 1. The lowest BCUT2D eigenvalue weighted by Gasteiger charge is -2.41. The van der Waals surface area contributed by atoms with Gasteiger partial charge in [0.2, 0.25) is 5.91 Å². The minimum Gasteiger partial charge on any atom is -0.359 e. The molecule has 4 rings (SSSR count). The zero-order valence-corrected chi connectivity index (χ0v) is 17.8. The van der Waals surface area contributed by atoms with Crippen LogP contribution in [0.2, 0.25) is 0 Å². The first kappa shape index (κ1) is 20.3. The van der Waals surface area contributed by atoms with Gasteiger partial charge in [-0.25, -0.2) is 0 Å². The molecule has 1 aliphatic rings. The van der Waals surface area contributed by atoms with Gasteiger partial charge in [0.15, 0.2) is 0 Å². The summed E-state index contributed by atoms with van der Waals surface area (Å²) in [5, 5.41) is 4.95. The number of carbonyl (C=O) groups excluding carboxylic acids is 2. The van der Waals surface area contributed by atoms with Gasteiger partial charge in [-0.05, 0) is 54.0 Å². The summed E-state index contributed by atoms with van der Waals surface area (Å²) in [4.78, 5) is 32.9. The van der Waals surface area contributed by atoms with Gasteiger partial charge in [0.05, 0.1) is 11.0 Å². The molecule has 0 aliphatic carbocycles. The van der Waals surface area contributed by atoms with E-state index in [1.807, 2.05) is 23.1 Å². The highest BCUT2D eigenvalue weighted by molar-refractivity contribution is 7.13. The molecule has 1 N–H and O–H groups in total. The van der Waals surface area contributed by atoms with Crippen LogP contribution in [0, 0.1) is 5.41 Å². The quantitative estimate of drug-likeness (QED) is 0.679. The Balaban J connectivity index is 1.56. The Labute approximate surface area is 180 Å². The molecule has 2 aromatic heterocycles. The lowest BCUT2D eigenvalue weighted by molar-refractivity contribution is -0.133. The summed E-state index contributed by atoms with van der Waals surface area (Å²) in [5.41, 5.74) is 2.43. The van der Waals surface area contributed by atoms with E-state index in [-0.39, 0.29) is 11.8 Å². The van der Waals surface area contributed by atoms with E-state index in [0.29, 0.717) is 37.9 Å². The number of rotatable bonds is 5. The maximum atomic E-state index is 13.0. The maximum Gasteiger partial charge on any atom is 0.255 e. The Bertz CT molecular complexity index is 1010. The van der Waals surface area contributed by atoms with E-state index in [1.165, 1.54) is 16.0 Å². The van der Waals surface area contributed by atoms with Crippen LogP contribution in [-0.2, 0) is 11.2 Å². The Morgan fingerprint density at radius 3 is 2.57 bits per heavy atom. The van der Waals surface area contributed by atoms with E-state index in [4.69, 9.17) is 0 Å². The van der Waals surface area contributed by atoms with Gasteiger partial charge in [0, 0.05) is 37.4 Å². The third kappa shape index (κ3) is 4.00. The lowest BCUT2D eigenvalue weighted by Crippen LogP contribution is -2.50. The van der Waals surface area contributed by atoms with Crippen molar-refractivity contribution in [2.24, 2.45) is 5.41 Å². The van der Waals surface area contributed by atoms with Crippen LogP contribution >= 0.6 is 11.3 Å². The van der Waals surface area contributed by atoms with Gasteiger partial charge in [0.1, 0.15) is 0 Å². The van der Waals surface area contributed by atoms with Crippen LogP contribution in [0.4, 0.5) is 0 Å². The van der Waals surface area contributed by atoms with Crippen molar-refractivity contribution in [1.82, 2.24) is 15.2 Å². The summed E-state index contributed by atoms with van der Waals surface area (Å²) < 4.78 is 0. The predicted octanol–water partition coefficient (Wildman–Crippen LogP) is 4.02. The van der Waals surface area contributed by atoms with Crippen molar-refractivity contribution in [2.45, 2.75) is 19.3 Å². The Hall–Kier alpha value is -2.99. The molecule has 0 atom stereocenters. The van der Waals surface area contributed by atoms with Crippen LogP contribution in [0.15, 0.2) is 66.3 Å². The number of nitrogens with one attached hydrogen (secondary N) is 1. The predicted molar refractivity (Wildman–Crippen MR) is 119 cm³/mol. The zero-order valence-electron chi connectivity index (χ0n) is 17.0. The van der Waals surface area contributed by atoms with Gasteiger partial charge in [-0.2, -0.15) is 0 Å². The molecule has 1 aliphatic heterocycles. The van der Waals surface area contributed by atoms with Crippen molar-refractivity contribution in [3.63, 3.8) is 0 Å². The molecule has 0 radical (unpaired) electrons. The normalized spacial score (nSPS) is 15.6. The lowest BCUT2D eigenvalue weighted by atomic mass is 9.72. The Morgan fingerprint density at radius 2 is 1.90 bits per heavy atom. The Kier molecular flexibility index (Phi) is 5.95. The second-order valence-corrected chi connectivity index (χ2v) is 8.65. The number of likely N-dealkylation sites (tertiary alicyclic amines) is 1. The summed E-state index contributed by atoms with van der Waals surface area (Å²) in [6.45, 7) is 1.12. The van der Waals surface area contributed by atoms with E-state index in [1.54, 1.807) is 42.9 Å². The van der Waals surface area contributed by atoms with Crippen LogP contribution in [-0.4, -0.2) is 41.8 Å². The van der Waals surface area contributed by atoms with Crippen molar-refractivity contribution in [2.75, 3.05) is 20.1 Å². The second-order valence-electron chi connectivity index (χ2n) is 7.70. The Morgan fingerprint density at radius 1 is 1.10 bits per heavy atom. The molecule has 30 heavy (non-hydrogen) atoms. The molecule has 6 heteroatoms. The molecule has 0 unspecified atom stereocenters. The molecule has 1 fully saturated rings. The number of nitrogens with zero attached hydrogens (tertiary/aromatic N) is 2. The van der Waals surface area contributed by atoms with Crippen LogP contribution in [0.5, 0.6) is 0 Å². The fraction of sp³-hybridized carbons (Fsp3) is 0.292. The highest BCUT2D eigenvalue weighted by atomic mass is 32.1. The third-order valence-corrected chi connectivity index (χ3v) is 6.86. The summed E-state index contributed by atoms with van der Waals surface area (Å²) in [5.74, 6) is 0.0320. The number of hydrogen-bond acceptors (Lipinski definition) is 4. The zero-order chi connectivity index (χ0) is 21.0. The number of hydrogen-bond donors (Lipinski definition) is 1. The van der Waals surface area contributed by atoms with Gasteiger partial charge >= 0.3 is 0 Å². The van der Waals surface area contributed by atoms with E-state index in [9.17, 15) is 9.59 Å². The first-order chi connectivity index (χ1) is 14.6. The van der Waals surface area contributed by atoms with Crippen molar-refractivity contribution in [3.8, 4) is 10.4 Å². The molecule has 154 valence electrons. The SMILES string of the molecule is CNC(=O)C1(Cc2ccccc2-c2cccs2)CCN(C(=O)c2cccnc2)CC1. The van der Waals surface area contributed by atoms with Gasteiger partial charge in [-0.15, -0.1) is 11.3 Å². The number of piperidine rings is 1. The number of benzene rings is 1. The minimum absolute atomic E-state index is 0.0207. The van der Waals surface area contributed by atoms with Crippen LogP contribution < -0.4 is 5.32 Å². The molecule has 1 aromatic carbocycles. The molecule has 0 bridgehead atoms. The average molecular weight is 420 g/mol. The van der Waals surface area contributed by atoms with E-state index in [0.717, 1.165) is 0 Å². The first-order valence-electron chi connectivity index (χ1n) is 10.2. The summed E-state index contributed by atoms with van der Waals surface area (Å²) >= 11 is 1.71. The smallest absolute Gasteiger partial charge is 0.255 e. The first-order valence-corrected chi connectivity index (χ1v) is 11.0. The van der Waals surface area contributed by atoms with Gasteiger partial charge in [-0.1, -0.05) is 30.3 Å². The average Bonchev–Trinajstić information content (AvgIpc) is 3.34. The fourth-order valence-electron chi connectivity index (χ4n) is 4.27. The summed E-state index contributed by atoms with van der Waals surface area (Å²) in [7, 11) is 1.70. The number of thiophene rings is 1. The number of pyridine rings is 1. The molecule has 3 aromatic rings. The van der Waals surface area contributed by atoms with Crippen LogP contribution in [0.25, 0.3) is 10.4 Å². The van der Waals surface area contributed by atoms with Crippen molar-refractivity contribution >= 4 is 23.2 Å². The standard InChI is InChI=1S/C24H25N3O2S/c1-25-23(29)24(16-18-6-2-3-8-20(18)21-9-5-15-30-21)10-13-27(14-11-24)22(28)19-7-4-12-26-17-19/h2-9,12,15,17H,10-11,13-14,16H2,1H3,(H,25,29). The topological polar surface area (TPSA) is 62.3 Å². The molecular formula is C24H25N3O2S. The second kappa shape index (κ2) is 8.79. The van der Waals surface area contributed by atoms with E-state index in [2.05, 4.69) is 33.9 Å².